The number of hydrogen-bond donors (Lipinski definition) is 2. The first-order valence-electron chi connectivity index (χ1n) is 8.78. The van der Waals surface area contributed by atoms with Gasteiger partial charge in [-0.05, 0) is 30.0 Å². The molecule has 1 amide bonds. The summed E-state index contributed by atoms with van der Waals surface area (Å²) in [4.78, 5) is 12.3. The highest BCUT2D eigenvalue weighted by molar-refractivity contribution is 5.85. The Hall–Kier alpha value is -1.88. The van der Waals surface area contributed by atoms with E-state index in [4.69, 9.17) is 10.5 Å². The molecular formula is C21H29ClN2O2. The summed E-state index contributed by atoms with van der Waals surface area (Å²) >= 11 is 0. The van der Waals surface area contributed by atoms with Crippen LogP contribution in [0.25, 0.3) is 0 Å². The largest absolute Gasteiger partial charge is 0.372 e. The van der Waals surface area contributed by atoms with Crippen LogP contribution in [0.15, 0.2) is 54.6 Å². The third-order valence-electron chi connectivity index (χ3n) is 4.21. The van der Waals surface area contributed by atoms with Gasteiger partial charge in [-0.15, -0.1) is 12.4 Å². The highest BCUT2D eigenvalue weighted by atomic mass is 35.5. The van der Waals surface area contributed by atoms with Crippen molar-refractivity contribution in [1.29, 1.82) is 0 Å². The third-order valence-corrected chi connectivity index (χ3v) is 4.21. The van der Waals surface area contributed by atoms with E-state index in [0.717, 1.165) is 23.1 Å². The fourth-order valence-corrected chi connectivity index (χ4v) is 2.73. The van der Waals surface area contributed by atoms with Crippen molar-refractivity contribution in [3.05, 3.63) is 71.3 Å². The van der Waals surface area contributed by atoms with Crippen molar-refractivity contribution in [2.45, 2.75) is 52.0 Å². The van der Waals surface area contributed by atoms with Crippen molar-refractivity contribution in [3.8, 4) is 0 Å². The average Bonchev–Trinajstić information content (AvgIpc) is 2.61. The van der Waals surface area contributed by atoms with Crippen molar-refractivity contribution in [2.75, 3.05) is 0 Å². The van der Waals surface area contributed by atoms with E-state index in [1.54, 1.807) is 6.92 Å². The number of amides is 1. The van der Waals surface area contributed by atoms with E-state index in [-0.39, 0.29) is 18.3 Å². The predicted octanol–water partition coefficient (Wildman–Crippen LogP) is 3.96. The Bertz CT molecular complexity index is 675. The zero-order chi connectivity index (χ0) is 18.1. The molecule has 142 valence electrons. The van der Waals surface area contributed by atoms with Gasteiger partial charge in [0.2, 0.25) is 5.91 Å². The van der Waals surface area contributed by atoms with Crippen LogP contribution in [0.1, 0.15) is 43.4 Å². The molecule has 4 nitrogen and oxygen atoms in total. The third kappa shape index (κ3) is 6.79. The lowest BCUT2D eigenvalue weighted by Crippen LogP contribution is -2.51. The molecule has 26 heavy (non-hydrogen) atoms. The molecule has 0 heterocycles. The molecule has 0 saturated carbocycles. The van der Waals surface area contributed by atoms with E-state index < -0.39 is 5.54 Å². The second-order valence-electron chi connectivity index (χ2n) is 6.60. The number of nitrogens with one attached hydrogen (secondary N) is 1. The van der Waals surface area contributed by atoms with Gasteiger partial charge in [-0.25, -0.2) is 0 Å². The van der Waals surface area contributed by atoms with Crippen LogP contribution >= 0.6 is 12.4 Å². The van der Waals surface area contributed by atoms with Crippen molar-refractivity contribution in [1.82, 2.24) is 5.32 Å². The fourth-order valence-electron chi connectivity index (χ4n) is 2.73. The minimum absolute atomic E-state index is 0. The summed E-state index contributed by atoms with van der Waals surface area (Å²) in [5.41, 5.74) is 8.53. The van der Waals surface area contributed by atoms with Gasteiger partial charge in [-0.3, -0.25) is 4.79 Å². The monoisotopic (exact) mass is 376 g/mol. The minimum atomic E-state index is -0.826. The number of halogens is 1. The van der Waals surface area contributed by atoms with Crippen molar-refractivity contribution >= 4 is 18.3 Å². The summed E-state index contributed by atoms with van der Waals surface area (Å²) in [7, 11) is 0. The minimum Gasteiger partial charge on any atom is -0.372 e. The Morgan fingerprint density at radius 1 is 1.04 bits per heavy atom. The summed E-state index contributed by atoms with van der Waals surface area (Å²) in [6, 6.07) is 18.1. The lowest BCUT2D eigenvalue weighted by Gasteiger charge is -2.23. The molecule has 2 aromatic carbocycles. The van der Waals surface area contributed by atoms with Crippen LogP contribution < -0.4 is 11.1 Å². The Morgan fingerprint density at radius 2 is 1.65 bits per heavy atom. The number of carbonyl (C=O) groups excluding carboxylic acids is 1. The maximum absolute atomic E-state index is 12.3. The molecule has 3 N–H and O–H groups in total. The molecule has 5 heteroatoms. The molecule has 0 radical (unpaired) electrons. The normalized spacial score (nSPS) is 12.7. The molecule has 0 bridgehead atoms. The first-order valence-corrected chi connectivity index (χ1v) is 8.78. The van der Waals surface area contributed by atoms with Crippen molar-refractivity contribution in [3.63, 3.8) is 0 Å². The summed E-state index contributed by atoms with van der Waals surface area (Å²) < 4.78 is 5.82. The SMILES string of the molecule is CCCC(C)(N)C(=O)NCc1ccccc1COCc1ccccc1.Cl. The summed E-state index contributed by atoms with van der Waals surface area (Å²) in [6.07, 6.45) is 1.55. The number of nitrogens with two attached hydrogens (primary N) is 1. The van der Waals surface area contributed by atoms with Gasteiger partial charge in [0, 0.05) is 6.54 Å². The molecular weight excluding hydrogens is 348 g/mol. The predicted molar refractivity (Wildman–Crippen MR) is 108 cm³/mol. The van der Waals surface area contributed by atoms with Gasteiger partial charge in [0.05, 0.1) is 18.8 Å². The van der Waals surface area contributed by atoms with Gasteiger partial charge in [-0.2, -0.15) is 0 Å². The zero-order valence-corrected chi connectivity index (χ0v) is 16.4. The molecule has 1 unspecified atom stereocenters. The van der Waals surface area contributed by atoms with Crippen LogP contribution in [0.5, 0.6) is 0 Å². The Labute approximate surface area is 162 Å². The van der Waals surface area contributed by atoms with E-state index in [1.165, 1.54) is 0 Å². The lowest BCUT2D eigenvalue weighted by atomic mass is 9.96. The first-order chi connectivity index (χ1) is 12.0. The van der Waals surface area contributed by atoms with E-state index in [9.17, 15) is 4.79 Å². The number of benzene rings is 2. The van der Waals surface area contributed by atoms with Gasteiger partial charge in [0.25, 0.3) is 0 Å². The quantitative estimate of drug-likeness (QED) is 0.696. The van der Waals surface area contributed by atoms with Crippen LogP contribution in [0, 0.1) is 0 Å². The number of rotatable bonds is 9. The van der Waals surface area contributed by atoms with Crippen LogP contribution in [-0.4, -0.2) is 11.4 Å². The van der Waals surface area contributed by atoms with Crippen molar-refractivity contribution < 1.29 is 9.53 Å². The molecule has 0 saturated heterocycles. The van der Waals surface area contributed by atoms with Crippen LogP contribution in [0.3, 0.4) is 0 Å². The number of hydrogen-bond acceptors (Lipinski definition) is 3. The molecule has 1 atom stereocenters. The maximum Gasteiger partial charge on any atom is 0.240 e. The van der Waals surface area contributed by atoms with Gasteiger partial charge in [-0.1, -0.05) is 67.9 Å². The zero-order valence-electron chi connectivity index (χ0n) is 15.5. The van der Waals surface area contributed by atoms with Gasteiger partial charge in [0.15, 0.2) is 0 Å². The standard InChI is InChI=1S/C21H28N2O2.ClH/c1-3-13-21(2,22)20(24)23-14-18-11-7-8-12-19(18)16-25-15-17-9-5-4-6-10-17;/h4-12H,3,13-16,22H2,1-2H3,(H,23,24);1H. The Kier molecular flexibility index (Phi) is 9.35. The fraction of sp³-hybridized carbons (Fsp3) is 0.381. The van der Waals surface area contributed by atoms with Gasteiger partial charge >= 0.3 is 0 Å². The summed E-state index contributed by atoms with van der Waals surface area (Å²) in [6.45, 7) is 5.34. The summed E-state index contributed by atoms with van der Waals surface area (Å²) in [5, 5.41) is 2.95. The van der Waals surface area contributed by atoms with E-state index in [2.05, 4.69) is 5.32 Å². The van der Waals surface area contributed by atoms with Crippen LogP contribution in [-0.2, 0) is 29.3 Å². The maximum atomic E-state index is 12.3. The molecule has 0 aromatic heterocycles. The molecule has 0 aliphatic rings. The lowest BCUT2D eigenvalue weighted by molar-refractivity contribution is -0.126. The molecule has 2 aromatic rings. The van der Waals surface area contributed by atoms with Crippen LogP contribution in [0.4, 0.5) is 0 Å². The second-order valence-corrected chi connectivity index (χ2v) is 6.60. The Balaban J connectivity index is 0.00000338. The van der Waals surface area contributed by atoms with Crippen molar-refractivity contribution in [2.24, 2.45) is 5.73 Å². The highest BCUT2D eigenvalue weighted by Crippen LogP contribution is 2.13. The van der Waals surface area contributed by atoms with Gasteiger partial charge < -0.3 is 15.8 Å². The molecule has 0 spiro atoms. The van der Waals surface area contributed by atoms with Crippen LogP contribution in [0.2, 0.25) is 0 Å². The number of ether oxygens (including phenoxy) is 1. The molecule has 0 aliphatic heterocycles. The topological polar surface area (TPSA) is 64.4 Å². The highest BCUT2D eigenvalue weighted by Gasteiger charge is 2.26. The smallest absolute Gasteiger partial charge is 0.240 e. The van der Waals surface area contributed by atoms with Gasteiger partial charge in [0.1, 0.15) is 0 Å². The number of carbonyl (C=O) groups is 1. The van der Waals surface area contributed by atoms with E-state index >= 15 is 0 Å². The molecule has 0 aliphatic carbocycles. The first kappa shape index (κ1) is 22.2. The van der Waals surface area contributed by atoms with E-state index in [1.807, 2.05) is 61.5 Å². The molecule has 2 rings (SSSR count). The second kappa shape index (κ2) is 11.0. The van der Waals surface area contributed by atoms with E-state index in [0.29, 0.717) is 26.2 Å². The Morgan fingerprint density at radius 3 is 2.31 bits per heavy atom. The average molecular weight is 377 g/mol. The summed E-state index contributed by atoms with van der Waals surface area (Å²) in [5.74, 6) is -0.116. The molecule has 0 fully saturated rings.